The van der Waals surface area contributed by atoms with Crippen molar-refractivity contribution in [3.05, 3.63) is 17.8 Å². The Morgan fingerprint density at radius 3 is 2.41 bits per heavy atom. The van der Waals surface area contributed by atoms with E-state index in [-0.39, 0.29) is 12.1 Å². The first-order chi connectivity index (χ1) is 16.6. The maximum atomic E-state index is 13.1. The molecular weight excluding hydrogens is 426 g/mol. The van der Waals surface area contributed by atoms with Crippen LogP contribution in [0.2, 0.25) is 0 Å². The Balaban J connectivity index is 1.04. The maximum absolute atomic E-state index is 13.1. The predicted molar refractivity (Wildman–Crippen MR) is 134 cm³/mol. The highest BCUT2D eigenvalue weighted by Gasteiger charge is 2.44. The summed E-state index contributed by atoms with van der Waals surface area (Å²) in [6.45, 7) is 11.2. The number of carbonyl (C=O) groups is 1. The quantitative estimate of drug-likeness (QED) is 0.732. The van der Waals surface area contributed by atoms with Gasteiger partial charge in [0.25, 0.3) is 0 Å². The van der Waals surface area contributed by atoms with Gasteiger partial charge in [-0.25, -0.2) is 9.78 Å². The minimum absolute atomic E-state index is 0.128. The van der Waals surface area contributed by atoms with Crippen LogP contribution in [0.25, 0.3) is 11.0 Å². The van der Waals surface area contributed by atoms with Gasteiger partial charge in [0.2, 0.25) is 0 Å². The van der Waals surface area contributed by atoms with Crippen molar-refractivity contribution in [1.82, 2.24) is 29.9 Å². The van der Waals surface area contributed by atoms with E-state index in [0.29, 0.717) is 0 Å². The summed E-state index contributed by atoms with van der Waals surface area (Å²) in [4.78, 5) is 25.6. The van der Waals surface area contributed by atoms with Crippen LogP contribution in [-0.4, -0.2) is 89.0 Å². The third kappa shape index (κ3) is 4.67. The summed E-state index contributed by atoms with van der Waals surface area (Å²) >= 11 is 0. The number of hydrogen-bond donors (Lipinski definition) is 1. The fourth-order valence-corrected chi connectivity index (χ4v) is 6.26. The highest BCUT2D eigenvalue weighted by Crippen LogP contribution is 2.44. The van der Waals surface area contributed by atoms with Gasteiger partial charge in [0, 0.05) is 58.4 Å². The molecule has 2 atom stereocenters. The molecule has 8 heteroatoms. The molecule has 34 heavy (non-hydrogen) atoms. The summed E-state index contributed by atoms with van der Waals surface area (Å²) in [7, 11) is 0. The summed E-state index contributed by atoms with van der Waals surface area (Å²) in [5.41, 5.74) is 2.46. The molecule has 2 aromatic heterocycles. The van der Waals surface area contributed by atoms with Gasteiger partial charge >= 0.3 is 6.03 Å². The number of carbonyl (C=O) groups excluding carboxylic acids is 1. The van der Waals surface area contributed by atoms with Crippen molar-refractivity contribution in [1.29, 1.82) is 0 Å². The molecule has 0 bridgehead atoms. The Morgan fingerprint density at radius 1 is 0.971 bits per heavy atom. The lowest BCUT2D eigenvalue weighted by Gasteiger charge is -2.33. The minimum Gasteiger partial charge on any atom is -0.357 e. The number of likely N-dealkylation sites (tertiary alicyclic amines) is 2. The van der Waals surface area contributed by atoms with Crippen molar-refractivity contribution in [2.75, 3.05) is 57.3 Å². The number of rotatable bonds is 5. The lowest BCUT2D eigenvalue weighted by atomic mass is 10.1. The number of piperidine rings is 2. The van der Waals surface area contributed by atoms with Crippen molar-refractivity contribution in [2.24, 2.45) is 11.8 Å². The summed E-state index contributed by atoms with van der Waals surface area (Å²) in [6.07, 6.45) is 8.53. The van der Waals surface area contributed by atoms with Crippen LogP contribution >= 0.6 is 0 Å². The molecule has 2 unspecified atom stereocenters. The van der Waals surface area contributed by atoms with E-state index in [2.05, 4.69) is 31.2 Å². The van der Waals surface area contributed by atoms with Crippen molar-refractivity contribution in [2.45, 2.75) is 57.9 Å². The van der Waals surface area contributed by atoms with Crippen molar-refractivity contribution in [3.63, 3.8) is 0 Å². The van der Waals surface area contributed by atoms with E-state index in [1.807, 2.05) is 13.0 Å². The molecule has 5 heterocycles. The van der Waals surface area contributed by atoms with Crippen molar-refractivity contribution < 1.29 is 4.79 Å². The Morgan fingerprint density at radius 2 is 1.68 bits per heavy atom. The van der Waals surface area contributed by atoms with E-state index >= 15 is 0 Å². The zero-order valence-electron chi connectivity index (χ0n) is 20.6. The summed E-state index contributed by atoms with van der Waals surface area (Å²) < 4.78 is 1.52. The van der Waals surface area contributed by atoms with Gasteiger partial charge in [0.15, 0.2) is 0 Å². The molecule has 2 aromatic rings. The standard InChI is InChI=1S/C26H39N7O/c1-19-25-23(6-7-24(28-25)32-10-4-2-3-5-11-32)33(29-19)26(34)27-22-8-12-30(13-9-22)14-15-31-17-20-16-21(20)18-31/h6-7,20-22H,2-5,8-18H2,1H3,(H,27,34). The lowest BCUT2D eigenvalue weighted by Crippen LogP contribution is -2.47. The number of aromatic nitrogens is 3. The number of nitrogens with zero attached hydrogens (tertiary/aromatic N) is 6. The first-order valence-electron chi connectivity index (χ1n) is 13.5. The van der Waals surface area contributed by atoms with E-state index in [1.54, 1.807) is 0 Å². The predicted octanol–water partition coefficient (Wildman–Crippen LogP) is 3.09. The van der Waals surface area contributed by atoms with E-state index < -0.39 is 0 Å². The van der Waals surface area contributed by atoms with Crippen molar-refractivity contribution >= 4 is 22.9 Å². The zero-order chi connectivity index (χ0) is 23.1. The molecular formula is C26H39N7O. The average molecular weight is 466 g/mol. The van der Waals surface area contributed by atoms with E-state index in [4.69, 9.17) is 4.98 Å². The first kappa shape index (κ1) is 22.3. The lowest BCUT2D eigenvalue weighted by molar-refractivity contribution is 0.169. The molecule has 3 aliphatic heterocycles. The highest BCUT2D eigenvalue weighted by atomic mass is 16.2. The molecule has 4 aliphatic rings. The Hall–Kier alpha value is -2.19. The maximum Gasteiger partial charge on any atom is 0.342 e. The molecule has 8 nitrogen and oxygen atoms in total. The van der Waals surface area contributed by atoms with Crippen LogP contribution in [0.4, 0.5) is 10.6 Å². The van der Waals surface area contributed by atoms with Gasteiger partial charge in [-0.2, -0.15) is 9.78 Å². The number of fused-ring (bicyclic) bond motifs is 2. The van der Waals surface area contributed by atoms with Crippen LogP contribution in [0, 0.1) is 18.8 Å². The zero-order valence-corrected chi connectivity index (χ0v) is 20.6. The molecule has 6 rings (SSSR count). The van der Waals surface area contributed by atoms with Crippen LogP contribution in [0.1, 0.15) is 50.6 Å². The highest BCUT2D eigenvalue weighted by molar-refractivity contribution is 5.90. The Bertz CT molecular complexity index is 1010. The van der Waals surface area contributed by atoms with Gasteiger partial charge in [-0.05, 0) is 63.0 Å². The van der Waals surface area contributed by atoms with E-state index in [0.717, 1.165) is 79.9 Å². The van der Waals surface area contributed by atoms with E-state index in [1.165, 1.54) is 56.4 Å². The normalized spacial score (nSPS) is 26.6. The van der Waals surface area contributed by atoms with Gasteiger partial charge < -0.3 is 20.0 Å². The molecule has 4 fully saturated rings. The molecule has 0 spiro atoms. The monoisotopic (exact) mass is 465 g/mol. The summed E-state index contributed by atoms with van der Waals surface area (Å²) in [5, 5.41) is 7.81. The van der Waals surface area contributed by atoms with Crippen LogP contribution in [-0.2, 0) is 0 Å². The van der Waals surface area contributed by atoms with Gasteiger partial charge in [0.1, 0.15) is 11.3 Å². The number of anilines is 1. The fraction of sp³-hybridized carbons (Fsp3) is 0.731. The molecule has 1 amide bonds. The van der Waals surface area contributed by atoms with Crippen LogP contribution in [0.15, 0.2) is 12.1 Å². The van der Waals surface area contributed by atoms with Gasteiger partial charge in [-0.15, -0.1) is 0 Å². The SMILES string of the molecule is Cc1nn(C(=O)NC2CCN(CCN3CC4CC4C3)CC2)c2ccc(N3CCCCCC3)nc12. The smallest absolute Gasteiger partial charge is 0.342 e. The average Bonchev–Trinajstić information content (AvgIpc) is 3.45. The van der Waals surface area contributed by atoms with Crippen LogP contribution in [0.5, 0.6) is 0 Å². The molecule has 1 saturated carbocycles. The van der Waals surface area contributed by atoms with Gasteiger partial charge in [-0.1, -0.05) is 12.8 Å². The molecule has 1 aliphatic carbocycles. The summed E-state index contributed by atoms with van der Waals surface area (Å²) in [5.74, 6) is 3.04. The molecule has 1 N–H and O–H groups in total. The molecule has 0 aromatic carbocycles. The van der Waals surface area contributed by atoms with Crippen LogP contribution < -0.4 is 10.2 Å². The Labute approximate surface area is 202 Å². The third-order valence-corrected chi connectivity index (χ3v) is 8.50. The molecule has 184 valence electrons. The number of amides is 1. The fourth-order valence-electron chi connectivity index (χ4n) is 6.26. The molecule has 3 saturated heterocycles. The van der Waals surface area contributed by atoms with Crippen LogP contribution in [0.3, 0.4) is 0 Å². The summed E-state index contributed by atoms with van der Waals surface area (Å²) in [6, 6.07) is 4.16. The Kier molecular flexibility index (Phi) is 6.20. The second-order valence-electron chi connectivity index (χ2n) is 11.0. The van der Waals surface area contributed by atoms with Crippen molar-refractivity contribution in [3.8, 4) is 0 Å². The second-order valence-corrected chi connectivity index (χ2v) is 11.0. The van der Waals surface area contributed by atoms with Gasteiger partial charge in [-0.3, -0.25) is 0 Å². The number of hydrogen-bond acceptors (Lipinski definition) is 6. The first-order valence-corrected chi connectivity index (χ1v) is 13.5. The third-order valence-electron chi connectivity index (χ3n) is 8.50. The second kappa shape index (κ2) is 9.46. The topological polar surface area (TPSA) is 69.5 Å². The molecule has 0 radical (unpaired) electrons. The van der Waals surface area contributed by atoms with Gasteiger partial charge in [0.05, 0.1) is 11.2 Å². The minimum atomic E-state index is -0.128. The number of nitrogens with one attached hydrogen (secondary N) is 1. The number of pyridine rings is 1. The largest absolute Gasteiger partial charge is 0.357 e. The number of aryl methyl sites for hydroxylation is 1. The van der Waals surface area contributed by atoms with E-state index in [9.17, 15) is 4.79 Å².